The lowest BCUT2D eigenvalue weighted by atomic mass is 10.1. The van der Waals surface area contributed by atoms with Gasteiger partial charge in [0.05, 0.1) is 22.1 Å². The van der Waals surface area contributed by atoms with Gasteiger partial charge in [0.25, 0.3) is 5.91 Å². The van der Waals surface area contributed by atoms with Gasteiger partial charge >= 0.3 is 5.97 Å². The first-order chi connectivity index (χ1) is 14.8. The molecule has 0 radical (unpaired) electrons. The van der Waals surface area contributed by atoms with E-state index in [0.29, 0.717) is 21.2 Å². The lowest BCUT2D eigenvalue weighted by molar-refractivity contribution is 0.0527. The van der Waals surface area contributed by atoms with Crippen LogP contribution < -0.4 is 10.1 Å². The Morgan fingerprint density at radius 2 is 1.97 bits per heavy atom. The molecular formula is C21H20ClN3O5S. The summed E-state index contributed by atoms with van der Waals surface area (Å²) in [6, 6.07) is 8.53. The number of carbonyl (C=O) groups excluding carboxylic acids is 3. The Kier molecular flexibility index (Phi) is 7.09. The highest BCUT2D eigenvalue weighted by molar-refractivity contribution is 7.18. The molecule has 0 atom stereocenters. The second-order valence-electron chi connectivity index (χ2n) is 6.44. The summed E-state index contributed by atoms with van der Waals surface area (Å²) in [5, 5.41) is 7.56. The van der Waals surface area contributed by atoms with E-state index in [1.807, 2.05) is 0 Å². The highest BCUT2D eigenvalue weighted by Crippen LogP contribution is 2.34. The molecule has 1 aromatic carbocycles. The third kappa shape index (κ3) is 5.12. The fraction of sp³-hybridized carbons (Fsp3) is 0.238. The van der Waals surface area contributed by atoms with E-state index in [0.717, 1.165) is 11.3 Å². The SMILES string of the molecule is CCOC(=O)c1c(NC(=O)c2ccn(COc3ccccc3Cl)n2)sc(C(C)=O)c1C. The number of rotatable bonds is 8. The van der Waals surface area contributed by atoms with Gasteiger partial charge in [-0.1, -0.05) is 23.7 Å². The molecule has 3 rings (SSSR count). The smallest absolute Gasteiger partial charge is 0.341 e. The zero-order chi connectivity index (χ0) is 22.5. The summed E-state index contributed by atoms with van der Waals surface area (Å²) >= 11 is 7.09. The number of Topliss-reactive ketones (excluding diaryl/α,β-unsaturated/α-hetero) is 1. The van der Waals surface area contributed by atoms with Crippen LogP contribution in [0.15, 0.2) is 36.5 Å². The summed E-state index contributed by atoms with van der Waals surface area (Å²) in [5.41, 5.74) is 0.768. The van der Waals surface area contributed by atoms with E-state index in [4.69, 9.17) is 21.1 Å². The van der Waals surface area contributed by atoms with Crippen LogP contribution in [0.3, 0.4) is 0 Å². The van der Waals surface area contributed by atoms with Gasteiger partial charge < -0.3 is 14.8 Å². The molecule has 2 heterocycles. The predicted octanol–water partition coefficient (Wildman–Crippen LogP) is 4.57. The number of nitrogens with zero attached hydrogens (tertiary/aromatic N) is 2. The van der Waals surface area contributed by atoms with Crippen LogP contribution in [-0.2, 0) is 11.5 Å². The summed E-state index contributed by atoms with van der Waals surface area (Å²) in [6.07, 6.45) is 1.58. The topological polar surface area (TPSA) is 99.5 Å². The number of hydrogen-bond donors (Lipinski definition) is 1. The summed E-state index contributed by atoms with van der Waals surface area (Å²) in [4.78, 5) is 37.3. The number of hydrogen-bond acceptors (Lipinski definition) is 7. The molecule has 0 saturated carbocycles. The molecule has 2 aromatic heterocycles. The molecule has 162 valence electrons. The van der Waals surface area contributed by atoms with Gasteiger partial charge in [0.1, 0.15) is 10.8 Å². The van der Waals surface area contributed by atoms with Crippen LogP contribution in [0.4, 0.5) is 5.00 Å². The Bertz CT molecular complexity index is 1140. The maximum Gasteiger partial charge on any atom is 0.341 e. The second-order valence-corrected chi connectivity index (χ2v) is 7.86. The average molecular weight is 462 g/mol. The van der Waals surface area contributed by atoms with Crippen LogP contribution in [0.25, 0.3) is 0 Å². The van der Waals surface area contributed by atoms with Crippen molar-refractivity contribution in [3.8, 4) is 5.75 Å². The van der Waals surface area contributed by atoms with Crippen molar-refractivity contribution in [1.29, 1.82) is 0 Å². The molecule has 31 heavy (non-hydrogen) atoms. The van der Waals surface area contributed by atoms with Crippen LogP contribution in [0.2, 0.25) is 5.02 Å². The van der Waals surface area contributed by atoms with Crippen molar-refractivity contribution in [2.45, 2.75) is 27.5 Å². The predicted molar refractivity (Wildman–Crippen MR) is 117 cm³/mol. The molecule has 0 bridgehead atoms. The highest BCUT2D eigenvalue weighted by Gasteiger charge is 2.26. The number of amides is 1. The minimum atomic E-state index is -0.599. The zero-order valence-corrected chi connectivity index (χ0v) is 18.7. The third-order valence-electron chi connectivity index (χ3n) is 4.24. The quantitative estimate of drug-likeness (QED) is 0.389. The molecule has 3 aromatic rings. The summed E-state index contributed by atoms with van der Waals surface area (Å²) in [5.74, 6) is -0.832. The Morgan fingerprint density at radius 1 is 1.23 bits per heavy atom. The second kappa shape index (κ2) is 9.76. The molecule has 1 amide bonds. The maximum atomic E-state index is 12.7. The molecule has 0 fully saturated rings. The maximum absolute atomic E-state index is 12.7. The van der Waals surface area contributed by atoms with E-state index in [2.05, 4.69) is 10.4 Å². The lowest BCUT2D eigenvalue weighted by Crippen LogP contribution is -2.16. The van der Waals surface area contributed by atoms with Crippen LogP contribution in [0, 0.1) is 6.92 Å². The highest BCUT2D eigenvalue weighted by atomic mass is 35.5. The Morgan fingerprint density at radius 3 is 2.65 bits per heavy atom. The molecule has 0 aliphatic carbocycles. The van der Waals surface area contributed by atoms with Gasteiger partial charge in [-0.25, -0.2) is 9.48 Å². The molecule has 8 nitrogen and oxygen atoms in total. The van der Waals surface area contributed by atoms with E-state index >= 15 is 0 Å². The molecule has 0 aliphatic heterocycles. The van der Waals surface area contributed by atoms with Crippen molar-refractivity contribution in [2.24, 2.45) is 0 Å². The van der Waals surface area contributed by atoms with Gasteiger partial charge in [-0.05, 0) is 44.5 Å². The van der Waals surface area contributed by atoms with Crippen molar-refractivity contribution >= 4 is 45.6 Å². The number of benzene rings is 1. The lowest BCUT2D eigenvalue weighted by Gasteiger charge is -2.07. The number of esters is 1. The van der Waals surface area contributed by atoms with Gasteiger partial charge in [0, 0.05) is 6.20 Å². The minimum Gasteiger partial charge on any atom is -0.470 e. The first-order valence-corrected chi connectivity index (χ1v) is 10.5. The van der Waals surface area contributed by atoms with Gasteiger partial charge in [0.2, 0.25) is 0 Å². The summed E-state index contributed by atoms with van der Waals surface area (Å²) in [6.45, 7) is 4.96. The summed E-state index contributed by atoms with van der Waals surface area (Å²) < 4.78 is 12.1. The Labute approximate surface area is 187 Å². The van der Waals surface area contributed by atoms with Crippen LogP contribution >= 0.6 is 22.9 Å². The Balaban J connectivity index is 1.76. The molecule has 10 heteroatoms. The molecular weight excluding hydrogens is 442 g/mol. The first kappa shape index (κ1) is 22.5. The van der Waals surface area contributed by atoms with Crippen molar-refractivity contribution < 1.29 is 23.9 Å². The normalized spacial score (nSPS) is 10.6. The van der Waals surface area contributed by atoms with E-state index < -0.39 is 11.9 Å². The number of ketones is 1. The minimum absolute atomic E-state index is 0.0533. The molecule has 0 spiro atoms. The first-order valence-electron chi connectivity index (χ1n) is 9.35. The van der Waals surface area contributed by atoms with Crippen molar-refractivity contribution in [3.63, 3.8) is 0 Å². The number of ether oxygens (including phenoxy) is 2. The van der Waals surface area contributed by atoms with Crippen molar-refractivity contribution in [3.05, 3.63) is 63.2 Å². The van der Waals surface area contributed by atoms with E-state index in [1.54, 1.807) is 44.3 Å². The van der Waals surface area contributed by atoms with Crippen LogP contribution in [0.5, 0.6) is 5.75 Å². The van der Waals surface area contributed by atoms with E-state index in [1.165, 1.54) is 17.7 Å². The Hall–Kier alpha value is -3.17. The third-order valence-corrected chi connectivity index (χ3v) is 5.86. The zero-order valence-electron chi connectivity index (χ0n) is 17.1. The molecule has 0 unspecified atom stereocenters. The van der Waals surface area contributed by atoms with Gasteiger partial charge in [0.15, 0.2) is 18.2 Å². The van der Waals surface area contributed by atoms with Gasteiger partial charge in [-0.2, -0.15) is 5.10 Å². The number of halogens is 1. The summed E-state index contributed by atoms with van der Waals surface area (Å²) in [7, 11) is 0. The van der Waals surface area contributed by atoms with Gasteiger partial charge in [-0.3, -0.25) is 9.59 Å². The standard InChI is InChI=1S/C21H20ClN3O5S/c1-4-29-21(28)17-12(2)18(13(3)26)31-20(17)23-19(27)15-9-10-25(24-15)11-30-16-8-6-5-7-14(16)22/h5-10H,4,11H2,1-3H3,(H,23,27). The average Bonchev–Trinajstić information content (AvgIpc) is 3.32. The molecule has 1 N–H and O–H groups in total. The van der Waals surface area contributed by atoms with E-state index in [9.17, 15) is 14.4 Å². The number of thiophene rings is 1. The molecule has 0 aliphatic rings. The van der Waals surface area contributed by atoms with Crippen molar-refractivity contribution in [1.82, 2.24) is 9.78 Å². The fourth-order valence-electron chi connectivity index (χ4n) is 2.81. The van der Waals surface area contributed by atoms with E-state index in [-0.39, 0.29) is 35.4 Å². The number of anilines is 1. The van der Waals surface area contributed by atoms with Crippen LogP contribution in [0.1, 0.15) is 49.9 Å². The number of nitrogens with one attached hydrogen (secondary N) is 1. The van der Waals surface area contributed by atoms with Crippen LogP contribution in [-0.4, -0.2) is 34.0 Å². The van der Waals surface area contributed by atoms with Gasteiger partial charge in [-0.15, -0.1) is 11.3 Å². The fourth-order valence-corrected chi connectivity index (χ4v) is 4.08. The molecule has 0 saturated heterocycles. The van der Waals surface area contributed by atoms with Crippen molar-refractivity contribution in [2.75, 3.05) is 11.9 Å². The number of para-hydroxylation sites is 1. The largest absolute Gasteiger partial charge is 0.470 e. The monoisotopic (exact) mass is 461 g/mol. The number of aromatic nitrogens is 2. The number of carbonyl (C=O) groups is 3.